The van der Waals surface area contributed by atoms with Crippen LogP contribution in [0, 0.1) is 5.82 Å². The highest BCUT2D eigenvalue weighted by Gasteiger charge is 2.28. The number of hydrogen-bond donors (Lipinski definition) is 2. The second-order valence-corrected chi connectivity index (χ2v) is 11.9. The zero-order valence-corrected chi connectivity index (χ0v) is 25.2. The number of fused-ring (bicyclic) bond motifs is 1. The number of likely N-dealkylation sites (tertiary alicyclic amines) is 1. The third-order valence-electron chi connectivity index (χ3n) is 7.27. The van der Waals surface area contributed by atoms with E-state index in [1.54, 1.807) is 20.8 Å². The quantitative estimate of drug-likeness (QED) is 0.403. The van der Waals surface area contributed by atoms with Crippen molar-refractivity contribution in [3.05, 3.63) is 29.2 Å². The van der Waals surface area contributed by atoms with Gasteiger partial charge in [-0.2, -0.15) is 9.97 Å². The van der Waals surface area contributed by atoms with Crippen molar-refractivity contribution in [2.75, 3.05) is 56.6 Å². The summed E-state index contributed by atoms with van der Waals surface area (Å²) in [6, 6.07) is 3.13. The van der Waals surface area contributed by atoms with Crippen LogP contribution in [0.1, 0.15) is 33.6 Å². The largest absolute Gasteiger partial charge is 0.465 e. The maximum atomic E-state index is 16.3. The van der Waals surface area contributed by atoms with E-state index < -0.39 is 23.6 Å². The van der Waals surface area contributed by atoms with Gasteiger partial charge in [-0.15, -0.1) is 0 Å². The first-order valence-electron chi connectivity index (χ1n) is 14.0. The molecule has 15 heteroatoms. The Morgan fingerprint density at radius 1 is 1.12 bits per heavy atom. The van der Waals surface area contributed by atoms with E-state index in [4.69, 9.17) is 21.1 Å². The molecule has 1 unspecified atom stereocenters. The standard InChI is InChI=1S/C28H34ClFN8O5/c1-28(2,3)43-26(39)33-19-8-7-18(29)22(32-19)23-20(30)21-17(14-31-23)24(37-10-12-38(13-11-37)27(40)41)35-25(34-21)42-15-16-6-5-9-36(16)4/h7-8,14,16H,5-6,9-13,15H2,1-4H3,(H,40,41)(H,32,33,39). The molecular weight excluding hydrogens is 583 g/mol. The van der Waals surface area contributed by atoms with Crippen molar-refractivity contribution in [3.63, 3.8) is 0 Å². The second kappa shape index (κ2) is 12.3. The highest BCUT2D eigenvalue weighted by molar-refractivity contribution is 6.33. The van der Waals surface area contributed by atoms with Crippen molar-refractivity contribution in [2.24, 2.45) is 0 Å². The molecule has 2 N–H and O–H groups in total. The molecule has 2 fully saturated rings. The molecule has 1 atom stereocenters. The number of aromatic nitrogens is 4. The molecule has 0 spiro atoms. The van der Waals surface area contributed by atoms with E-state index in [1.165, 1.54) is 23.2 Å². The summed E-state index contributed by atoms with van der Waals surface area (Å²) in [5.74, 6) is -0.307. The number of halogens is 2. The molecule has 3 aromatic rings. The van der Waals surface area contributed by atoms with Crippen molar-refractivity contribution in [1.29, 1.82) is 0 Å². The summed E-state index contributed by atoms with van der Waals surface area (Å²) in [5.41, 5.74) is -0.948. The van der Waals surface area contributed by atoms with Gasteiger partial charge in [-0.3, -0.25) is 10.3 Å². The zero-order valence-electron chi connectivity index (χ0n) is 24.4. The van der Waals surface area contributed by atoms with Gasteiger partial charge in [0.1, 0.15) is 40.7 Å². The van der Waals surface area contributed by atoms with Crippen LogP contribution in [-0.4, -0.2) is 105 Å². The number of nitrogens with one attached hydrogen (secondary N) is 1. The molecule has 2 aliphatic heterocycles. The highest BCUT2D eigenvalue weighted by atomic mass is 35.5. The van der Waals surface area contributed by atoms with Gasteiger partial charge in [0, 0.05) is 38.4 Å². The number of rotatable bonds is 6. The van der Waals surface area contributed by atoms with Crippen molar-refractivity contribution in [2.45, 2.75) is 45.3 Å². The minimum Gasteiger partial charge on any atom is -0.465 e. The normalized spacial score (nSPS) is 17.8. The molecule has 43 heavy (non-hydrogen) atoms. The fraction of sp³-hybridized carbons (Fsp3) is 0.500. The SMILES string of the molecule is CN1CCCC1COc1nc(N2CCN(C(=O)O)CC2)c2cnc(-c3nc(NC(=O)OC(C)(C)C)ccc3Cl)c(F)c2n1. The Kier molecular flexibility index (Phi) is 8.69. The predicted molar refractivity (Wildman–Crippen MR) is 158 cm³/mol. The van der Waals surface area contributed by atoms with E-state index in [-0.39, 0.29) is 52.9 Å². The van der Waals surface area contributed by atoms with Gasteiger partial charge in [0.25, 0.3) is 0 Å². The van der Waals surface area contributed by atoms with Gasteiger partial charge in [-0.05, 0) is 59.3 Å². The van der Waals surface area contributed by atoms with E-state index in [2.05, 4.69) is 30.2 Å². The average molecular weight is 617 g/mol. The molecule has 0 saturated carbocycles. The first-order chi connectivity index (χ1) is 20.4. The molecule has 0 aliphatic carbocycles. The molecule has 2 amide bonds. The molecule has 2 aliphatic rings. The number of carbonyl (C=O) groups is 2. The molecule has 0 radical (unpaired) electrons. The van der Waals surface area contributed by atoms with Crippen LogP contribution < -0.4 is 15.0 Å². The lowest BCUT2D eigenvalue weighted by atomic mass is 10.1. The van der Waals surface area contributed by atoms with E-state index in [9.17, 15) is 14.7 Å². The summed E-state index contributed by atoms with van der Waals surface area (Å²) in [6.07, 6.45) is 1.74. The van der Waals surface area contributed by atoms with Gasteiger partial charge in [-0.1, -0.05) is 11.6 Å². The van der Waals surface area contributed by atoms with Crippen molar-refractivity contribution in [3.8, 4) is 17.4 Å². The average Bonchev–Trinajstić information content (AvgIpc) is 3.36. The number of anilines is 2. The monoisotopic (exact) mass is 616 g/mol. The molecule has 0 bridgehead atoms. The van der Waals surface area contributed by atoms with Gasteiger partial charge < -0.3 is 29.3 Å². The summed E-state index contributed by atoms with van der Waals surface area (Å²) < 4.78 is 27.6. The van der Waals surface area contributed by atoms with Gasteiger partial charge in [0.05, 0.1) is 10.4 Å². The number of likely N-dealkylation sites (N-methyl/N-ethyl adjacent to an activating group) is 1. The Labute approximate surface area is 253 Å². The minimum absolute atomic E-state index is 0.0000844. The van der Waals surface area contributed by atoms with Crippen LogP contribution >= 0.6 is 11.6 Å². The van der Waals surface area contributed by atoms with Gasteiger partial charge in [-0.25, -0.2) is 19.0 Å². The molecule has 13 nitrogen and oxygen atoms in total. The van der Waals surface area contributed by atoms with E-state index in [0.29, 0.717) is 30.9 Å². The van der Waals surface area contributed by atoms with Crippen LogP contribution in [0.4, 0.5) is 25.6 Å². The fourth-order valence-corrected chi connectivity index (χ4v) is 5.24. The van der Waals surface area contributed by atoms with E-state index >= 15 is 4.39 Å². The first-order valence-corrected chi connectivity index (χ1v) is 14.4. The second-order valence-electron chi connectivity index (χ2n) is 11.5. The molecular formula is C28H34ClFN8O5. The summed E-state index contributed by atoms with van der Waals surface area (Å²) >= 11 is 6.42. The zero-order chi connectivity index (χ0) is 30.9. The van der Waals surface area contributed by atoms with Crippen molar-refractivity contribution >= 4 is 46.3 Å². The summed E-state index contributed by atoms with van der Waals surface area (Å²) in [6.45, 7) is 7.69. The third kappa shape index (κ3) is 6.96. The fourth-order valence-electron chi connectivity index (χ4n) is 5.05. The Morgan fingerprint density at radius 2 is 1.86 bits per heavy atom. The van der Waals surface area contributed by atoms with Crippen LogP contribution in [-0.2, 0) is 4.74 Å². The molecule has 5 heterocycles. The maximum absolute atomic E-state index is 16.3. The first kappa shape index (κ1) is 30.4. The number of carboxylic acid groups (broad SMARTS) is 1. The minimum atomic E-state index is -0.998. The molecule has 3 aromatic heterocycles. The van der Waals surface area contributed by atoms with Crippen LogP contribution in [0.5, 0.6) is 6.01 Å². The van der Waals surface area contributed by atoms with Crippen LogP contribution in [0.25, 0.3) is 22.3 Å². The Morgan fingerprint density at radius 3 is 2.51 bits per heavy atom. The number of carbonyl (C=O) groups excluding carboxylic acids is 1. The van der Waals surface area contributed by atoms with Gasteiger partial charge in [0.15, 0.2) is 5.82 Å². The molecule has 2 saturated heterocycles. The van der Waals surface area contributed by atoms with Crippen LogP contribution in [0.15, 0.2) is 18.3 Å². The van der Waals surface area contributed by atoms with E-state index in [1.807, 2.05) is 11.9 Å². The summed E-state index contributed by atoms with van der Waals surface area (Å²) in [5, 5.41) is 12.3. The maximum Gasteiger partial charge on any atom is 0.413 e. The summed E-state index contributed by atoms with van der Waals surface area (Å²) in [7, 11) is 2.02. The lowest BCUT2D eigenvalue weighted by Gasteiger charge is -2.34. The number of ether oxygens (including phenoxy) is 2. The Hall–Kier alpha value is -4.04. The van der Waals surface area contributed by atoms with Crippen LogP contribution in [0.3, 0.4) is 0 Å². The summed E-state index contributed by atoms with van der Waals surface area (Å²) in [4.78, 5) is 46.8. The predicted octanol–water partition coefficient (Wildman–Crippen LogP) is 4.50. The number of amides is 2. The number of hydrogen-bond acceptors (Lipinski definition) is 10. The topological polar surface area (TPSA) is 146 Å². The lowest BCUT2D eigenvalue weighted by molar-refractivity contribution is 0.0635. The van der Waals surface area contributed by atoms with E-state index in [0.717, 1.165) is 19.4 Å². The third-order valence-corrected chi connectivity index (χ3v) is 7.57. The molecule has 5 rings (SSSR count). The molecule has 0 aromatic carbocycles. The smallest absolute Gasteiger partial charge is 0.413 e. The number of piperazine rings is 1. The van der Waals surface area contributed by atoms with Gasteiger partial charge in [0.2, 0.25) is 0 Å². The van der Waals surface area contributed by atoms with Crippen molar-refractivity contribution in [1.82, 2.24) is 29.7 Å². The Bertz CT molecular complexity index is 1530. The van der Waals surface area contributed by atoms with Gasteiger partial charge >= 0.3 is 18.2 Å². The number of pyridine rings is 2. The van der Waals surface area contributed by atoms with Crippen LogP contribution in [0.2, 0.25) is 5.02 Å². The van der Waals surface area contributed by atoms with Crippen molar-refractivity contribution < 1.29 is 28.6 Å². The molecule has 230 valence electrons. The number of nitrogens with zero attached hydrogens (tertiary/aromatic N) is 7. The lowest BCUT2D eigenvalue weighted by Crippen LogP contribution is -2.48. The highest BCUT2D eigenvalue weighted by Crippen LogP contribution is 2.34. The Balaban J connectivity index is 1.52.